The van der Waals surface area contributed by atoms with Gasteiger partial charge in [0.25, 0.3) is 5.91 Å². The van der Waals surface area contributed by atoms with Crippen LogP contribution in [0.15, 0.2) is 78.4 Å². The minimum atomic E-state index is -0.166. The van der Waals surface area contributed by atoms with Crippen molar-refractivity contribution in [2.75, 3.05) is 26.2 Å². The smallest absolute Gasteiger partial charge is 0.257 e. The highest BCUT2D eigenvalue weighted by Gasteiger charge is 2.43. The largest absolute Gasteiger partial charge is 0.497 e. The van der Waals surface area contributed by atoms with Crippen molar-refractivity contribution in [1.82, 2.24) is 0 Å². The second kappa shape index (κ2) is 8.33. The van der Waals surface area contributed by atoms with Gasteiger partial charge in [-0.1, -0.05) is 36.4 Å². The normalized spacial score (nSPS) is 16.9. The van der Waals surface area contributed by atoms with E-state index < -0.39 is 0 Å². The Hall–Kier alpha value is -3.73. The van der Waals surface area contributed by atoms with Gasteiger partial charge in [-0.05, 0) is 53.6 Å². The molecule has 1 fully saturated rings. The molecule has 0 spiro atoms. The first kappa shape index (κ1) is 19.6. The van der Waals surface area contributed by atoms with Crippen LogP contribution < -0.4 is 19.1 Å². The maximum Gasteiger partial charge on any atom is 0.257 e. The van der Waals surface area contributed by atoms with E-state index >= 15 is 0 Å². The fraction of sp³-hybridized carbons (Fsp3) is 0.160. The molecule has 3 aromatic carbocycles. The van der Waals surface area contributed by atoms with E-state index in [1.165, 1.54) is 0 Å². The molecule has 3 aromatic rings. The van der Waals surface area contributed by atoms with Gasteiger partial charge < -0.3 is 14.2 Å². The minimum Gasteiger partial charge on any atom is -0.497 e. The van der Waals surface area contributed by atoms with Gasteiger partial charge in [0, 0.05) is 11.3 Å². The van der Waals surface area contributed by atoms with Crippen LogP contribution in [0.5, 0.6) is 17.2 Å². The summed E-state index contributed by atoms with van der Waals surface area (Å²) in [5.74, 6) is 2.01. The highest BCUT2D eigenvalue weighted by Crippen LogP contribution is 2.44. The van der Waals surface area contributed by atoms with Crippen molar-refractivity contribution in [3.8, 4) is 17.2 Å². The van der Waals surface area contributed by atoms with Gasteiger partial charge in [0.15, 0.2) is 11.5 Å². The molecule has 5 nitrogen and oxygen atoms in total. The fourth-order valence-corrected chi connectivity index (χ4v) is 3.68. The van der Waals surface area contributed by atoms with E-state index in [2.05, 4.69) is 0 Å². The Morgan fingerprint density at radius 1 is 0.800 bits per heavy atom. The van der Waals surface area contributed by atoms with Crippen LogP contribution in [0.1, 0.15) is 17.2 Å². The summed E-state index contributed by atoms with van der Waals surface area (Å²) >= 11 is 0. The Balaban J connectivity index is 1.74. The summed E-state index contributed by atoms with van der Waals surface area (Å²) in [4.78, 5) is 15.0. The summed E-state index contributed by atoms with van der Waals surface area (Å²) < 4.78 is 16.0. The zero-order valence-corrected chi connectivity index (χ0v) is 17.2. The number of ether oxygens (including phenoxy) is 3. The average Bonchev–Trinajstić information content (AvgIpc) is 2.81. The van der Waals surface area contributed by atoms with Gasteiger partial charge in [-0.15, -0.1) is 0 Å². The fourth-order valence-electron chi connectivity index (χ4n) is 3.68. The van der Waals surface area contributed by atoms with Gasteiger partial charge in [0.2, 0.25) is 0 Å². The summed E-state index contributed by atoms with van der Waals surface area (Å²) in [6.45, 7) is 0. The monoisotopic (exact) mass is 401 g/mol. The lowest BCUT2D eigenvalue weighted by Gasteiger charge is -2.43. The van der Waals surface area contributed by atoms with E-state index in [0.29, 0.717) is 11.5 Å². The van der Waals surface area contributed by atoms with Crippen molar-refractivity contribution in [3.63, 3.8) is 0 Å². The van der Waals surface area contributed by atoms with E-state index in [0.717, 1.165) is 28.1 Å². The molecule has 0 N–H and O–H groups in total. The summed E-state index contributed by atoms with van der Waals surface area (Å²) in [6, 6.07) is 23.0. The molecule has 1 atom stereocenters. The van der Waals surface area contributed by atoms with Crippen LogP contribution in [-0.4, -0.2) is 27.2 Å². The van der Waals surface area contributed by atoms with Crippen LogP contribution in [0.4, 0.5) is 5.69 Å². The summed E-state index contributed by atoms with van der Waals surface area (Å²) in [6.07, 6.45) is 1.92. The van der Waals surface area contributed by atoms with Crippen molar-refractivity contribution in [2.24, 2.45) is 0 Å². The van der Waals surface area contributed by atoms with Crippen LogP contribution in [0.25, 0.3) is 6.08 Å². The van der Waals surface area contributed by atoms with Gasteiger partial charge >= 0.3 is 0 Å². The Morgan fingerprint density at radius 2 is 1.50 bits per heavy atom. The Bertz CT molecular complexity index is 1070. The number of hydrogen-bond donors (Lipinski definition) is 0. The van der Waals surface area contributed by atoms with E-state index in [9.17, 15) is 4.79 Å². The molecule has 1 aliphatic rings. The molecule has 4 rings (SSSR count). The molecule has 1 heterocycles. The highest BCUT2D eigenvalue weighted by atomic mass is 16.5. The zero-order chi connectivity index (χ0) is 21.1. The lowest BCUT2D eigenvalue weighted by Crippen LogP contribution is -2.49. The van der Waals surface area contributed by atoms with Crippen molar-refractivity contribution >= 4 is 17.7 Å². The molecule has 1 saturated heterocycles. The van der Waals surface area contributed by atoms with E-state index in [1.54, 1.807) is 26.2 Å². The van der Waals surface area contributed by atoms with Gasteiger partial charge in [0.05, 0.1) is 27.4 Å². The number of amides is 1. The van der Waals surface area contributed by atoms with Gasteiger partial charge in [-0.3, -0.25) is 9.69 Å². The van der Waals surface area contributed by atoms with E-state index in [1.807, 2.05) is 78.9 Å². The maximum absolute atomic E-state index is 13.2. The minimum absolute atomic E-state index is 0.0243. The lowest BCUT2D eigenvalue weighted by molar-refractivity contribution is -0.118. The second-order valence-corrected chi connectivity index (χ2v) is 6.90. The predicted octanol–water partition coefficient (Wildman–Crippen LogP) is 4.88. The van der Waals surface area contributed by atoms with Crippen molar-refractivity contribution in [1.29, 1.82) is 0 Å². The molecular formula is C25H23NO4. The Labute approximate surface area is 176 Å². The molecule has 0 radical (unpaired) electrons. The lowest BCUT2D eigenvalue weighted by atomic mass is 9.86. The summed E-state index contributed by atoms with van der Waals surface area (Å²) in [7, 11) is 4.83. The quantitative estimate of drug-likeness (QED) is 0.436. The predicted molar refractivity (Wildman–Crippen MR) is 117 cm³/mol. The number of benzene rings is 3. The number of carbonyl (C=O) groups is 1. The van der Waals surface area contributed by atoms with Gasteiger partial charge in [0.1, 0.15) is 5.75 Å². The van der Waals surface area contributed by atoms with Crippen molar-refractivity contribution < 1.29 is 19.0 Å². The molecular weight excluding hydrogens is 378 g/mol. The van der Waals surface area contributed by atoms with E-state index in [4.69, 9.17) is 14.2 Å². The van der Waals surface area contributed by atoms with Gasteiger partial charge in [-0.2, -0.15) is 0 Å². The molecule has 0 aliphatic carbocycles. The molecule has 1 aliphatic heterocycles. The van der Waals surface area contributed by atoms with Crippen molar-refractivity contribution in [3.05, 3.63) is 89.5 Å². The van der Waals surface area contributed by atoms with Gasteiger partial charge in [-0.25, -0.2) is 0 Å². The number of anilines is 1. The molecule has 0 aromatic heterocycles. The number of nitrogens with zero attached hydrogens (tertiary/aromatic N) is 1. The highest BCUT2D eigenvalue weighted by molar-refractivity contribution is 6.18. The number of rotatable bonds is 6. The number of β-lactam (4-membered cyclic amide) rings is 1. The molecule has 152 valence electrons. The number of methoxy groups -OCH3 is 3. The first-order valence-corrected chi connectivity index (χ1v) is 9.62. The number of hydrogen-bond acceptors (Lipinski definition) is 4. The van der Waals surface area contributed by atoms with Crippen LogP contribution in [0, 0.1) is 0 Å². The first-order chi connectivity index (χ1) is 14.7. The third-order valence-electron chi connectivity index (χ3n) is 5.21. The Morgan fingerprint density at radius 3 is 2.13 bits per heavy atom. The number of carbonyl (C=O) groups excluding carboxylic acids is 1. The first-order valence-electron chi connectivity index (χ1n) is 9.62. The van der Waals surface area contributed by atoms with Crippen LogP contribution in [0.2, 0.25) is 0 Å². The maximum atomic E-state index is 13.2. The topological polar surface area (TPSA) is 48.0 Å². The molecule has 0 bridgehead atoms. The molecule has 1 amide bonds. The van der Waals surface area contributed by atoms with Crippen LogP contribution in [0.3, 0.4) is 0 Å². The third kappa shape index (κ3) is 3.50. The average molecular weight is 401 g/mol. The Kier molecular flexibility index (Phi) is 5.44. The SMILES string of the molecule is COc1ccc(N2C(=O)/C(=C\c3ccc(OC)c(OC)c3)[C@H]2c2ccccc2)cc1. The second-order valence-electron chi connectivity index (χ2n) is 6.90. The molecule has 0 unspecified atom stereocenters. The third-order valence-corrected chi connectivity index (χ3v) is 5.21. The zero-order valence-electron chi connectivity index (χ0n) is 17.2. The molecule has 5 heteroatoms. The molecule has 30 heavy (non-hydrogen) atoms. The summed E-state index contributed by atoms with van der Waals surface area (Å²) in [5, 5.41) is 0. The molecule has 0 saturated carbocycles. The standard InChI is InChI=1S/C25H23NO4/c1-28-20-12-10-19(11-13-20)26-24(18-7-5-4-6-8-18)21(25(26)27)15-17-9-14-22(29-2)23(16-17)30-3/h4-16,24H,1-3H3/b21-15-/t24-/m1/s1. The van der Waals surface area contributed by atoms with Crippen molar-refractivity contribution in [2.45, 2.75) is 6.04 Å². The van der Waals surface area contributed by atoms with Crippen LogP contribution in [-0.2, 0) is 4.79 Å². The summed E-state index contributed by atoms with van der Waals surface area (Å²) in [5.41, 5.74) is 3.49. The van der Waals surface area contributed by atoms with E-state index in [-0.39, 0.29) is 11.9 Å². The van der Waals surface area contributed by atoms with Crippen LogP contribution >= 0.6 is 0 Å².